The average molecular weight is 946 g/mol. The maximum absolute atomic E-state index is 11.0. The molecule has 12 amide bonds. The summed E-state index contributed by atoms with van der Waals surface area (Å²) in [4.78, 5) is 134. The fourth-order valence-corrected chi connectivity index (χ4v) is 4.09. The number of esters is 4. The van der Waals surface area contributed by atoms with Crippen molar-refractivity contribution >= 4 is 71.6 Å². The summed E-state index contributed by atoms with van der Waals surface area (Å²) in [6.45, 7) is 4.92. The second-order valence-electron chi connectivity index (χ2n) is 10.3. The molecule has 4 fully saturated rings. The molecule has 0 aromatic carbocycles. The first kappa shape index (κ1) is 51.0. The predicted molar refractivity (Wildman–Crippen MR) is 168 cm³/mol. The molecule has 0 aromatic heterocycles. The molecule has 302 valence electrons. The molecule has 0 aliphatic carbocycles. The quantitative estimate of drug-likeness (QED) is 0.195. The van der Waals surface area contributed by atoms with E-state index in [9.17, 15) is 57.5 Å². The van der Waals surface area contributed by atoms with Gasteiger partial charge in [0.25, 0.3) is 0 Å². The van der Waals surface area contributed by atoms with Crippen molar-refractivity contribution in [3.05, 3.63) is 21.3 Å². The van der Waals surface area contributed by atoms with Crippen LogP contribution >= 0.6 is 0 Å². The number of hydrogen-bond acceptors (Lipinski definition) is 16. The second kappa shape index (κ2) is 23.5. The SMILES string of the molecule is COC(=O)[C@@H]1CN(C(C)=O)C(=O)[N-]1.COC(=O)[C@@H]1CN(C(C)=O)C(=O)[N-]1.COC(=O)[C@@H]1CN(C(C)=O)C(=O)[N-]1.COC(=O)[C@@H]1CN(C(C)=O)C(=O)[N-]1.[Rh+2].[Rh+2]. The van der Waals surface area contributed by atoms with E-state index in [1.54, 1.807) is 0 Å². The van der Waals surface area contributed by atoms with Gasteiger partial charge in [-0.1, -0.05) is 0 Å². The van der Waals surface area contributed by atoms with Gasteiger partial charge in [-0.3, -0.25) is 57.5 Å². The van der Waals surface area contributed by atoms with E-state index in [2.05, 4.69) is 40.2 Å². The van der Waals surface area contributed by atoms with E-state index in [0.29, 0.717) is 0 Å². The van der Waals surface area contributed by atoms with Gasteiger partial charge in [-0.25, -0.2) is 0 Å². The molecule has 4 rings (SSSR count). The summed E-state index contributed by atoms with van der Waals surface area (Å²) in [6, 6.07) is -6.15. The van der Waals surface area contributed by atoms with E-state index in [1.807, 2.05) is 0 Å². The van der Waals surface area contributed by atoms with Crippen LogP contribution in [0.1, 0.15) is 27.7 Å². The Labute approximate surface area is 333 Å². The van der Waals surface area contributed by atoms with Gasteiger partial charge in [0, 0.05) is 0 Å². The zero-order valence-corrected chi connectivity index (χ0v) is 33.2. The Bertz CT molecular complexity index is 1280. The zero-order chi connectivity index (χ0) is 40.0. The zero-order valence-electron chi connectivity index (χ0n) is 29.9. The van der Waals surface area contributed by atoms with Crippen LogP contribution in [0.4, 0.5) is 19.2 Å². The third-order valence-electron chi connectivity index (χ3n) is 6.82. The van der Waals surface area contributed by atoms with Gasteiger partial charge in [0.2, 0.25) is 0 Å². The van der Waals surface area contributed by atoms with E-state index in [4.69, 9.17) is 0 Å². The fourth-order valence-electron chi connectivity index (χ4n) is 4.09. The molecule has 0 unspecified atom stereocenters. The van der Waals surface area contributed by atoms with Crippen LogP contribution in [0, 0.1) is 0 Å². The van der Waals surface area contributed by atoms with Crippen molar-refractivity contribution in [2.75, 3.05) is 54.6 Å². The maximum Gasteiger partial charge on any atom is 2.00 e. The van der Waals surface area contributed by atoms with Crippen LogP contribution in [-0.2, 0) is 96.3 Å². The van der Waals surface area contributed by atoms with Crippen LogP contribution < -0.4 is 0 Å². The molecule has 4 saturated heterocycles. The first-order valence-electron chi connectivity index (χ1n) is 14.7. The molecule has 0 aromatic rings. The van der Waals surface area contributed by atoms with Crippen LogP contribution in [0.5, 0.6) is 0 Å². The minimum Gasteiger partial charge on any atom is -0.469 e. The number of ether oxygens (including phenoxy) is 4. The van der Waals surface area contributed by atoms with Crippen LogP contribution in [0.2, 0.25) is 0 Å². The summed E-state index contributed by atoms with van der Waals surface area (Å²) in [7, 11) is 4.83. The monoisotopic (exact) mass is 946 g/mol. The molecule has 4 aliphatic rings. The fraction of sp³-hybridized carbons (Fsp3) is 0.571. The minimum absolute atomic E-state index is 0. The topological polar surface area (TPSA) is 311 Å². The molecule has 4 heterocycles. The van der Waals surface area contributed by atoms with Crippen LogP contribution in [0.15, 0.2) is 0 Å². The van der Waals surface area contributed by atoms with E-state index in [1.165, 1.54) is 56.1 Å². The molecule has 0 N–H and O–H groups in total. The van der Waals surface area contributed by atoms with Crippen molar-refractivity contribution in [3.8, 4) is 0 Å². The molecule has 0 bridgehead atoms. The number of nitrogens with zero attached hydrogens (tertiary/aromatic N) is 8. The largest absolute Gasteiger partial charge is 2.00 e. The molecule has 4 aliphatic heterocycles. The van der Waals surface area contributed by atoms with Crippen molar-refractivity contribution in [3.63, 3.8) is 0 Å². The Kier molecular flexibility index (Phi) is 22.2. The van der Waals surface area contributed by atoms with Crippen molar-refractivity contribution in [2.24, 2.45) is 0 Å². The predicted octanol–water partition coefficient (Wildman–Crippen LogP) is -0.470. The molecule has 2 radical (unpaired) electrons. The number of methoxy groups -OCH3 is 4. The average Bonchev–Trinajstić information content (AvgIpc) is 3.89. The molecular formula is C28H36N8O16Rh2. The van der Waals surface area contributed by atoms with Crippen molar-refractivity contribution in [1.29, 1.82) is 0 Å². The van der Waals surface area contributed by atoms with Gasteiger partial charge in [0.1, 0.15) is 23.6 Å². The van der Waals surface area contributed by atoms with Crippen molar-refractivity contribution in [2.45, 2.75) is 51.9 Å². The third kappa shape index (κ3) is 14.4. The summed E-state index contributed by atoms with van der Waals surface area (Å²) in [6.07, 6.45) is 0. The van der Waals surface area contributed by atoms with Crippen LogP contribution in [0.25, 0.3) is 21.3 Å². The van der Waals surface area contributed by atoms with Gasteiger partial charge in [0.05, 0.1) is 52.6 Å². The number of hydrogen-bond donors (Lipinski definition) is 0. The summed E-state index contributed by atoms with van der Waals surface area (Å²) >= 11 is 0. The smallest absolute Gasteiger partial charge is 0.469 e. The Hall–Kier alpha value is -5.11. The normalized spacial score (nSPS) is 20.4. The molecule has 4 atom stereocenters. The summed E-state index contributed by atoms with van der Waals surface area (Å²) in [5.74, 6) is -4.07. The van der Waals surface area contributed by atoms with Gasteiger partial charge in [-0.2, -0.15) is 0 Å². The number of carbonyl (C=O) groups excluding carboxylic acids is 12. The van der Waals surface area contributed by atoms with Gasteiger partial charge < -0.3 is 59.8 Å². The Morgan fingerprint density at radius 3 is 0.648 bits per heavy atom. The number of carbonyl (C=O) groups is 12. The number of urea groups is 4. The molecule has 26 heteroatoms. The van der Waals surface area contributed by atoms with E-state index >= 15 is 0 Å². The second-order valence-corrected chi connectivity index (χ2v) is 10.3. The summed E-state index contributed by atoms with van der Waals surface area (Å²) in [5, 5.41) is 13.8. The van der Waals surface area contributed by atoms with Crippen molar-refractivity contribution < 1.29 is 115 Å². The third-order valence-corrected chi connectivity index (χ3v) is 6.82. The van der Waals surface area contributed by atoms with Crippen LogP contribution in [0.3, 0.4) is 0 Å². The van der Waals surface area contributed by atoms with Gasteiger partial charge in [-0.15, -0.1) is 0 Å². The van der Waals surface area contributed by atoms with E-state index in [0.717, 1.165) is 19.6 Å². The summed E-state index contributed by atoms with van der Waals surface area (Å²) in [5.41, 5.74) is 0. The van der Waals surface area contributed by atoms with Gasteiger partial charge in [0.15, 0.2) is 24.1 Å². The van der Waals surface area contributed by atoms with Gasteiger partial charge in [-0.05, 0) is 53.9 Å². The Morgan fingerprint density at radius 2 is 0.556 bits per heavy atom. The molecular weight excluding hydrogens is 910 g/mol. The van der Waals surface area contributed by atoms with E-state index in [-0.39, 0.29) is 65.1 Å². The van der Waals surface area contributed by atoms with Crippen molar-refractivity contribution in [1.82, 2.24) is 19.6 Å². The number of rotatable bonds is 4. The molecule has 54 heavy (non-hydrogen) atoms. The standard InChI is InChI=1S/4C7H10N2O4.2Rh/c4*1-4(10)9-3-5(6(11)13-2)8-7(9)12;;/h4*5H,3H2,1-2H3,(H,8,12);;/q;;;;2*+2/p-4/t4*5-;;/m0000../s1. The minimum atomic E-state index is -0.860. The Balaban J connectivity index is 0. The number of amides is 12. The van der Waals surface area contributed by atoms with Crippen LogP contribution in [-0.4, -0.2) is 170 Å². The summed E-state index contributed by atoms with van der Waals surface area (Å²) < 4.78 is 17.6. The Morgan fingerprint density at radius 1 is 0.407 bits per heavy atom. The molecule has 0 saturated carbocycles. The van der Waals surface area contributed by atoms with Gasteiger partial charge >= 0.3 is 62.8 Å². The first-order valence-corrected chi connectivity index (χ1v) is 14.7. The number of imide groups is 4. The molecule has 0 spiro atoms. The molecule has 24 nitrogen and oxygen atoms in total. The maximum atomic E-state index is 11.0. The van der Waals surface area contributed by atoms with E-state index < -0.39 is 95.8 Å². The first-order chi connectivity index (χ1) is 24.2.